The molecule has 0 spiro atoms. The van der Waals surface area contributed by atoms with E-state index in [9.17, 15) is 9.59 Å². The Morgan fingerprint density at radius 3 is 2.62 bits per heavy atom. The number of piperazine rings is 1. The van der Waals surface area contributed by atoms with Gasteiger partial charge in [-0.05, 0) is 57.3 Å². The summed E-state index contributed by atoms with van der Waals surface area (Å²) in [5.41, 5.74) is -0.659. The second-order valence-corrected chi connectivity index (χ2v) is 7.00. The van der Waals surface area contributed by atoms with Gasteiger partial charge < -0.3 is 10.2 Å². The molecule has 116 valence electrons. The average molecular weight is 290 g/mol. The lowest BCUT2D eigenvalue weighted by Crippen LogP contribution is -2.70. The van der Waals surface area contributed by atoms with Crippen LogP contribution in [0.1, 0.15) is 52.4 Å². The molecule has 3 unspecified atom stereocenters. The summed E-state index contributed by atoms with van der Waals surface area (Å²) in [5.74, 6) is 1.02. The molecule has 0 aromatic heterocycles. The van der Waals surface area contributed by atoms with Crippen LogP contribution in [0.25, 0.3) is 0 Å². The molecule has 0 aromatic rings. The number of nitrogens with zero attached hydrogens (tertiary/aromatic N) is 1. The zero-order chi connectivity index (χ0) is 15.0. The predicted molar refractivity (Wildman–Crippen MR) is 81.5 cm³/mol. The van der Waals surface area contributed by atoms with E-state index in [1.165, 1.54) is 0 Å². The van der Waals surface area contributed by atoms with Crippen LogP contribution in [-0.2, 0) is 9.59 Å². The number of amides is 2. The van der Waals surface area contributed by atoms with Gasteiger partial charge in [0.25, 0.3) is 0 Å². The fourth-order valence-corrected chi connectivity index (χ4v) is 3.83. The summed E-state index contributed by atoms with van der Waals surface area (Å²) in [4.78, 5) is 27.4. The van der Waals surface area contributed by atoms with Gasteiger partial charge in [-0.25, -0.2) is 0 Å². The molecule has 3 rings (SSSR count). The fourth-order valence-electron chi connectivity index (χ4n) is 3.83. The van der Waals surface area contributed by atoms with E-state index < -0.39 is 5.54 Å². The molecule has 3 atom stereocenters. The second kappa shape index (κ2) is 5.47. The molecule has 1 heterocycles. The molecule has 0 aromatic carbocycles. The Hall–Kier alpha value is -1.32. The molecule has 1 saturated carbocycles. The summed E-state index contributed by atoms with van der Waals surface area (Å²) in [6, 6.07) is -0.282. The standard InChI is InChI=1S/C17H26N2O2/c1-3-14-15(20)18-17(2,13-9-10-13)16(21)19(14)11-12-7-5-4-6-8-12/h4-5,12-14H,3,6-11H2,1-2H3,(H,18,20). The van der Waals surface area contributed by atoms with Gasteiger partial charge in [-0.3, -0.25) is 9.59 Å². The molecule has 1 aliphatic heterocycles. The molecule has 0 radical (unpaired) electrons. The van der Waals surface area contributed by atoms with E-state index in [2.05, 4.69) is 17.5 Å². The first-order valence-corrected chi connectivity index (χ1v) is 8.34. The van der Waals surface area contributed by atoms with E-state index in [1.54, 1.807) is 0 Å². The number of carbonyl (C=O) groups is 2. The number of allylic oxidation sites excluding steroid dienone is 2. The molecular formula is C17H26N2O2. The molecule has 21 heavy (non-hydrogen) atoms. The molecule has 2 aliphatic carbocycles. The molecule has 4 nitrogen and oxygen atoms in total. The zero-order valence-corrected chi connectivity index (χ0v) is 13.1. The van der Waals surface area contributed by atoms with Crippen LogP contribution >= 0.6 is 0 Å². The highest BCUT2D eigenvalue weighted by molar-refractivity contribution is 6.00. The number of carbonyl (C=O) groups excluding carboxylic acids is 2. The van der Waals surface area contributed by atoms with Crippen molar-refractivity contribution in [1.29, 1.82) is 0 Å². The molecule has 2 fully saturated rings. The smallest absolute Gasteiger partial charge is 0.249 e. The number of hydrogen-bond acceptors (Lipinski definition) is 2. The highest BCUT2D eigenvalue weighted by Crippen LogP contribution is 2.42. The molecule has 0 bridgehead atoms. The van der Waals surface area contributed by atoms with Crippen LogP contribution in [0, 0.1) is 11.8 Å². The highest BCUT2D eigenvalue weighted by Gasteiger charge is 2.55. The quantitative estimate of drug-likeness (QED) is 0.807. The largest absolute Gasteiger partial charge is 0.340 e. The normalized spacial score (nSPS) is 36.8. The van der Waals surface area contributed by atoms with Gasteiger partial charge in [-0.2, -0.15) is 0 Å². The highest BCUT2D eigenvalue weighted by atomic mass is 16.2. The van der Waals surface area contributed by atoms with Crippen molar-refractivity contribution in [3.05, 3.63) is 12.2 Å². The average Bonchev–Trinajstić information content (AvgIpc) is 3.31. The molecule has 2 amide bonds. The summed E-state index contributed by atoms with van der Waals surface area (Å²) < 4.78 is 0. The number of hydrogen-bond donors (Lipinski definition) is 1. The van der Waals surface area contributed by atoms with E-state index in [4.69, 9.17) is 0 Å². The van der Waals surface area contributed by atoms with Gasteiger partial charge in [0.05, 0.1) is 0 Å². The molecular weight excluding hydrogens is 264 g/mol. The first-order chi connectivity index (χ1) is 10.1. The molecule has 4 heteroatoms. The van der Waals surface area contributed by atoms with Gasteiger partial charge in [0, 0.05) is 6.54 Å². The number of nitrogens with one attached hydrogen (secondary N) is 1. The topological polar surface area (TPSA) is 49.4 Å². The van der Waals surface area contributed by atoms with Crippen LogP contribution in [0.4, 0.5) is 0 Å². The predicted octanol–water partition coefficient (Wildman–Crippen LogP) is 2.25. The van der Waals surface area contributed by atoms with Crippen LogP contribution in [0.15, 0.2) is 12.2 Å². The zero-order valence-electron chi connectivity index (χ0n) is 13.1. The Bertz CT molecular complexity index is 469. The van der Waals surface area contributed by atoms with Crippen LogP contribution in [0.3, 0.4) is 0 Å². The molecule has 3 aliphatic rings. The van der Waals surface area contributed by atoms with Gasteiger partial charge in [-0.1, -0.05) is 19.1 Å². The maximum atomic E-state index is 13.0. The summed E-state index contributed by atoms with van der Waals surface area (Å²) >= 11 is 0. The van der Waals surface area contributed by atoms with Crippen molar-refractivity contribution in [2.75, 3.05) is 6.54 Å². The first-order valence-electron chi connectivity index (χ1n) is 8.34. The summed E-state index contributed by atoms with van der Waals surface area (Å²) in [7, 11) is 0. The molecule has 1 saturated heterocycles. The van der Waals surface area contributed by atoms with Crippen molar-refractivity contribution in [2.45, 2.75) is 64.0 Å². The summed E-state index contributed by atoms with van der Waals surface area (Å²) in [6.07, 6.45) is 10.5. The van der Waals surface area contributed by atoms with Crippen molar-refractivity contribution < 1.29 is 9.59 Å². The lowest BCUT2D eigenvalue weighted by atomic mass is 9.86. The summed E-state index contributed by atoms with van der Waals surface area (Å²) in [6.45, 7) is 4.65. The third kappa shape index (κ3) is 2.60. The van der Waals surface area contributed by atoms with Crippen molar-refractivity contribution in [3.8, 4) is 0 Å². The third-order valence-corrected chi connectivity index (χ3v) is 5.38. The molecule has 1 N–H and O–H groups in total. The van der Waals surface area contributed by atoms with Crippen LogP contribution in [-0.4, -0.2) is 34.8 Å². The minimum atomic E-state index is -0.659. The van der Waals surface area contributed by atoms with E-state index >= 15 is 0 Å². The second-order valence-electron chi connectivity index (χ2n) is 7.00. The Morgan fingerprint density at radius 1 is 1.29 bits per heavy atom. The van der Waals surface area contributed by atoms with Gasteiger partial charge in [-0.15, -0.1) is 0 Å². The Balaban J connectivity index is 1.80. The van der Waals surface area contributed by atoms with E-state index in [1.807, 2.05) is 18.7 Å². The van der Waals surface area contributed by atoms with Gasteiger partial charge in [0.2, 0.25) is 11.8 Å². The SMILES string of the molecule is CCC1C(=O)NC(C)(C2CC2)C(=O)N1CC1CC=CCC1. The van der Waals surface area contributed by atoms with Crippen molar-refractivity contribution >= 4 is 11.8 Å². The van der Waals surface area contributed by atoms with Crippen molar-refractivity contribution in [3.63, 3.8) is 0 Å². The van der Waals surface area contributed by atoms with Crippen molar-refractivity contribution in [2.24, 2.45) is 11.8 Å². The van der Waals surface area contributed by atoms with Crippen molar-refractivity contribution in [1.82, 2.24) is 10.2 Å². The van der Waals surface area contributed by atoms with Crippen LogP contribution in [0.5, 0.6) is 0 Å². The van der Waals surface area contributed by atoms with Crippen LogP contribution < -0.4 is 5.32 Å². The van der Waals surface area contributed by atoms with Crippen LogP contribution in [0.2, 0.25) is 0 Å². The number of rotatable bonds is 4. The maximum Gasteiger partial charge on any atom is 0.249 e. The lowest BCUT2D eigenvalue weighted by molar-refractivity contribution is -0.156. The third-order valence-electron chi connectivity index (χ3n) is 5.38. The Kier molecular flexibility index (Phi) is 3.80. The lowest BCUT2D eigenvalue weighted by Gasteiger charge is -2.45. The monoisotopic (exact) mass is 290 g/mol. The van der Waals surface area contributed by atoms with E-state index in [0.717, 1.165) is 38.6 Å². The van der Waals surface area contributed by atoms with Gasteiger partial charge in [0.15, 0.2) is 0 Å². The van der Waals surface area contributed by atoms with E-state index in [-0.39, 0.29) is 17.9 Å². The fraction of sp³-hybridized carbons (Fsp3) is 0.765. The maximum absolute atomic E-state index is 13.0. The van der Waals surface area contributed by atoms with E-state index in [0.29, 0.717) is 18.3 Å². The Labute approximate surface area is 127 Å². The van der Waals surface area contributed by atoms with Gasteiger partial charge in [0.1, 0.15) is 11.6 Å². The van der Waals surface area contributed by atoms with Gasteiger partial charge >= 0.3 is 0 Å². The Morgan fingerprint density at radius 2 is 2.05 bits per heavy atom. The first kappa shape index (κ1) is 14.6. The minimum Gasteiger partial charge on any atom is -0.340 e. The minimum absolute atomic E-state index is 0.0397. The summed E-state index contributed by atoms with van der Waals surface area (Å²) in [5, 5.41) is 3.03.